The number of benzene rings is 1. The van der Waals surface area contributed by atoms with E-state index >= 15 is 0 Å². The maximum absolute atomic E-state index is 11.7. The Bertz CT molecular complexity index is 375. The second-order valence-electron chi connectivity index (χ2n) is 4.00. The first kappa shape index (κ1) is 11.4. The van der Waals surface area contributed by atoms with Gasteiger partial charge < -0.3 is 10.6 Å². The lowest BCUT2D eigenvalue weighted by Crippen LogP contribution is -2.39. The van der Waals surface area contributed by atoms with Crippen LogP contribution in [0.3, 0.4) is 0 Å². The molecule has 1 atom stereocenters. The summed E-state index contributed by atoms with van der Waals surface area (Å²) in [4.78, 5) is 11.7. The highest BCUT2D eigenvalue weighted by atomic mass is 35.5. The van der Waals surface area contributed by atoms with Crippen molar-refractivity contribution >= 4 is 17.5 Å². The summed E-state index contributed by atoms with van der Waals surface area (Å²) >= 11 is 5.86. The first-order chi connectivity index (χ1) is 7.75. The highest BCUT2D eigenvalue weighted by Gasteiger charge is 2.21. The molecule has 0 saturated carbocycles. The number of carbonyl (C=O) groups excluding carboxylic acids is 1. The third-order valence-corrected chi connectivity index (χ3v) is 2.97. The molecule has 0 spiro atoms. The molecule has 1 saturated heterocycles. The number of carbonyl (C=O) groups is 1. The molecule has 1 aromatic rings. The van der Waals surface area contributed by atoms with Gasteiger partial charge >= 0.3 is 0 Å². The van der Waals surface area contributed by atoms with Gasteiger partial charge in [-0.2, -0.15) is 0 Å². The van der Waals surface area contributed by atoms with Gasteiger partial charge in [0.15, 0.2) is 0 Å². The van der Waals surface area contributed by atoms with Crippen LogP contribution in [-0.4, -0.2) is 18.5 Å². The van der Waals surface area contributed by atoms with Crippen molar-refractivity contribution in [3.63, 3.8) is 0 Å². The van der Waals surface area contributed by atoms with E-state index in [0.29, 0.717) is 11.6 Å². The van der Waals surface area contributed by atoms with E-state index in [0.717, 1.165) is 24.9 Å². The zero-order chi connectivity index (χ0) is 11.4. The van der Waals surface area contributed by atoms with Gasteiger partial charge in [0.05, 0.1) is 6.04 Å². The van der Waals surface area contributed by atoms with Crippen molar-refractivity contribution in [3.8, 4) is 0 Å². The minimum Gasteiger partial charge on any atom is -0.351 e. The number of hydrogen-bond acceptors (Lipinski definition) is 2. The van der Waals surface area contributed by atoms with Gasteiger partial charge in [-0.15, -0.1) is 0 Å². The lowest BCUT2D eigenvalue weighted by Gasteiger charge is -2.11. The molecule has 0 radical (unpaired) electrons. The molecule has 2 rings (SSSR count). The molecule has 86 valence electrons. The molecule has 16 heavy (non-hydrogen) atoms. The lowest BCUT2D eigenvalue weighted by atomic mass is 10.2. The molecule has 4 heteroatoms. The van der Waals surface area contributed by atoms with Gasteiger partial charge in [-0.1, -0.05) is 23.7 Å². The monoisotopic (exact) mass is 238 g/mol. The van der Waals surface area contributed by atoms with Crippen LogP contribution in [0.2, 0.25) is 5.02 Å². The van der Waals surface area contributed by atoms with Crippen LogP contribution in [0, 0.1) is 0 Å². The maximum Gasteiger partial charge on any atom is 0.237 e. The normalized spacial score (nSPS) is 19.7. The number of rotatable bonds is 3. The summed E-state index contributed by atoms with van der Waals surface area (Å²) in [6.45, 7) is 1.48. The third-order valence-electron chi connectivity index (χ3n) is 2.73. The SMILES string of the molecule is O=C(NCc1cccc(Cl)c1)[C@@H]1CCCN1. The summed E-state index contributed by atoms with van der Waals surface area (Å²) in [6, 6.07) is 7.51. The zero-order valence-corrected chi connectivity index (χ0v) is 9.76. The van der Waals surface area contributed by atoms with E-state index in [9.17, 15) is 4.79 Å². The average Bonchev–Trinajstić information content (AvgIpc) is 2.79. The number of hydrogen-bond donors (Lipinski definition) is 2. The highest BCUT2D eigenvalue weighted by Crippen LogP contribution is 2.10. The van der Waals surface area contributed by atoms with E-state index in [1.54, 1.807) is 0 Å². The zero-order valence-electron chi connectivity index (χ0n) is 9.00. The van der Waals surface area contributed by atoms with Gasteiger partial charge in [0, 0.05) is 11.6 Å². The molecule has 1 fully saturated rings. The Kier molecular flexibility index (Phi) is 3.80. The van der Waals surface area contributed by atoms with Gasteiger partial charge in [-0.25, -0.2) is 0 Å². The van der Waals surface area contributed by atoms with Gasteiger partial charge in [-0.05, 0) is 37.1 Å². The summed E-state index contributed by atoms with van der Waals surface area (Å²) in [6.07, 6.45) is 2.01. The van der Waals surface area contributed by atoms with Crippen molar-refractivity contribution in [2.24, 2.45) is 0 Å². The second kappa shape index (κ2) is 5.32. The van der Waals surface area contributed by atoms with Crippen LogP contribution in [0.1, 0.15) is 18.4 Å². The summed E-state index contributed by atoms with van der Waals surface area (Å²) < 4.78 is 0. The molecule has 2 N–H and O–H groups in total. The van der Waals surface area contributed by atoms with Crippen LogP contribution >= 0.6 is 11.6 Å². The fourth-order valence-corrected chi connectivity index (χ4v) is 2.08. The minimum atomic E-state index is -0.0146. The minimum absolute atomic E-state index is 0.0146. The molecule has 1 heterocycles. The molecule has 1 aromatic carbocycles. The Labute approximate surface area is 100 Å². The fraction of sp³-hybridized carbons (Fsp3) is 0.417. The third kappa shape index (κ3) is 2.97. The first-order valence-electron chi connectivity index (χ1n) is 5.51. The largest absolute Gasteiger partial charge is 0.351 e. The standard InChI is InChI=1S/C12H15ClN2O/c13-10-4-1-3-9(7-10)8-15-12(16)11-5-2-6-14-11/h1,3-4,7,11,14H,2,5-6,8H2,(H,15,16)/t11-/m0/s1. The molecular formula is C12H15ClN2O. The molecular weight excluding hydrogens is 224 g/mol. The number of halogens is 1. The quantitative estimate of drug-likeness (QED) is 0.842. The van der Waals surface area contributed by atoms with E-state index in [2.05, 4.69) is 10.6 Å². The van der Waals surface area contributed by atoms with Crippen LogP contribution in [0.5, 0.6) is 0 Å². The summed E-state index contributed by atoms with van der Waals surface area (Å²) in [5.74, 6) is 0.0810. The topological polar surface area (TPSA) is 41.1 Å². The Morgan fingerprint density at radius 1 is 1.56 bits per heavy atom. The number of nitrogens with one attached hydrogen (secondary N) is 2. The summed E-state index contributed by atoms with van der Waals surface area (Å²) in [5.41, 5.74) is 1.03. The van der Waals surface area contributed by atoms with E-state index in [4.69, 9.17) is 11.6 Å². The predicted octanol–water partition coefficient (Wildman–Crippen LogP) is 1.71. The van der Waals surface area contributed by atoms with Crippen LogP contribution in [0.25, 0.3) is 0 Å². The van der Waals surface area contributed by atoms with Crippen molar-refractivity contribution in [1.29, 1.82) is 0 Å². The van der Waals surface area contributed by atoms with Crippen molar-refractivity contribution in [2.75, 3.05) is 6.54 Å². The van der Waals surface area contributed by atoms with Crippen molar-refractivity contribution in [1.82, 2.24) is 10.6 Å². The lowest BCUT2D eigenvalue weighted by molar-refractivity contribution is -0.122. The van der Waals surface area contributed by atoms with Gasteiger partial charge in [0.2, 0.25) is 5.91 Å². The molecule has 0 aromatic heterocycles. The molecule has 1 aliphatic rings. The summed E-state index contributed by atoms with van der Waals surface area (Å²) in [7, 11) is 0. The van der Waals surface area contributed by atoms with E-state index < -0.39 is 0 Å². The van der Waals surface area contributed by atoms with E-state index in [1.165, 1.54) is 0 Å². The smallest absolute Gasteiger partial charge is 0.237 e. The van der Waals surface area contributed by atoms with Crippen molar-refractivity contribution in [3.05, 3.63) is 34.9 Å². The van der Waals surface area contributed by atoms with Gasteiger partial charge in [0.25, 0.3) is 0 Å². The predicted molar refractivity (Wildman–Crippen MR) is 64.3 cm³/mol. The Morgan fingerprint density at radius 2 is 2.44 bits per heavy atom. The van der Waals surface area contributed by atoms with E-state index in [-0.39, 0.29) is 11.9 Å². The second-order valence-corrected chi connectivity index (χ2v) is 4.43. The summed E-state index contributed by atoms with van der Waals surface area (Å²) in [5, 5.41) is 6.77. The fourth-order valence-electron chi connectivity index (χ4n) is 1.87. The molecule has 3 nitrogen and oxygen atoms in total. The van der Waals surface area contributed by atoms with Crippen LogP contribution in [0.15, 0.2) is 24.3 Å². The van der Waals surface area contributed by atoms with Gasteiger partial charge in [-0.3, -0.25) is 4.79 Å². The molecule has 0 bridgehead atoms. The van der Waals surface area contributed by atoms with E-state index in [1.807, 2.05) is 24.3 Å². The molecule has 0 unspecified atom stereocenters. The average molecular weight is 239 g/mol. The van der Waals surface area contributed by atoms with Gasteiger partial charge in [0.1, 0.15) is 0 Å². The van der Waals surface area contributed by atoms with Crippen LogP contribution in [-0.2, 0) is 11.3 Å². The Balaban J connectivity index is 1.84. The first-order valence-corrected chi connectivity index (χ1v) is 5.89. The molecule has 1 amide bonds. The van der Waals surface area contributed by atoms with Crippen molar-refractivity contribution in [2.45, 2.75) is 25.4 Å². The van der Waals surface area contributed by atoms with Crippen LogP contribution in [0.4, 0.5) is 0 Å². The van der Waals surface area contributed by atoms with Crippen molar-refractivity contribution < 1.29 is 4.79 Å². The maximum atomic E-state index is 11.7. The molecule has 1 aliphatic heterocycles. The Morgan fingerprint density at radius 3 is 3.12 bits per heavy atom. The van der Waals surface area contributed by atoms with Crippen LogP contribution < -0.4 is 10.6 Å². The molecule has 0 aliphatic carbocycles. The Hall–Kier alpha value is -1.06. The highest BCUT2D eigenvalue weighted by molar-refractivity contribution is 6.30. The number of amides is 1.